The first-order chi connectivity index (χ1) is 7.17. The van der Waals surface area contributed by atoms with Crippen molar-refractivity contribution in [2.24, 2.45) is 0 Å². The van der Waals surface area contributed by atoms with Crippen molar-refractivity contribution in [1.82, 2.24) is 9.55 Å². The fourth-order valence-corrected chi connectivity index (χ4v) is 0.841. The fourth-order valence-electron chi connectivity index (χ4n) is 0.841. The summed E-state index contributed by atoms with van der Waals surface area (Å²) in [5.74, 6) is 0.121. The van der Waals surface area contributed by atoms with E-state index in [4.69, 9.17) is 20.8 Å². The van der Waals surface area contributed by atoms with Crippen LogP contribution in [0.4, 0.5) is 5.82 Å². The lowest BCUT2D eigenvalue weighted by Crippen LogP contribution is -2.27. The average Bonchev–Trinajstić information content (AvgIpc) is 2.22. The molecular formula is C8H10N4O3. The van der Waals surface area contributed by atoms with Gasteiger partial charge in [0.1, 0.15) is 12.5 Å². The standard InChI is InChI=1S/C8H10N4O3/c9-3-6(4-13)15-5-12-2-1-7(10)11-8(12)14/h1-2,6,13H,4-5H2,(H2,10,11,14). The molecular weight excluding hydrogens is 200 g/mol. The third-order valence-corrected chi connectivity index (χ3v) is 1.62. The number of aliphatic hydroxyl groups is 1. The number of nitrogen functional groups attached to an aromatic ring is 1. The van der Waals surface area contributed by atoms with E-state index in [0.717, 1.165) is 4.57 Å². The smallest absolute Gasteiger partial charge is 0.351 e. The van der Waals surface area contributed by atoms with Gasteiger partial charge in [-0.3, -0.25) is 4.57 Å². The summed E-state index contributed by atoms with van der Waals surface area (Å²) in [7, 11) is 0. The first-order valence-corrected chi connectivity index (χ1v) is 4.12. The molecule has 1 rings (SSSR count). The Morgan fingerprint density at radius 2 is 2.53 bits per heavy atom. The average molecular weight is 210 g/mol. The molecule has 1 aromatic rings. The van der Waals surface area contributed by atoms with Crippen molar-refractivity contribution in [1.29, 1.82) is 5.26 Å². The molecule has 1 unspecified atom stereocenters. The molecule has 0 spiro atoms. The quantitative estimate of drug-likeness (QED) is 0.637. The Hall–Kier alpha value is -1.91. The molecule has 0 radical (unpaired) electrons. The summed E-state index contributed by atoms with van der Waals surface area (Å²) in [5, 5.41) is 17.1. The maximum absolute atomic E-state index is 11.2. The summed E-state index contributed by atoms with van der Waals surface area (Å²) in [6.07, 6.45) is 0.450. The van der Waals surface area contributed by atoms with E-state index in [1.807, 2.05) is 0 Å². The molecule has 7 heteroatoms. The number of rotatable bonds is 4. The first-order valence-electron chi connectivity index (χ1n) is 4.12. The third kappa shape index (κ3) is 3.05. The zero-order chi connectivity index (χ0) is 11.3. The van der Waals surface area contributed by atoms with Gasteiger partial charge in [0, 0.05) is 6.20 Å². The number of nitriles is 1. The van der Waals surface area contributed by atoms with Gasteiger partial charge in [-0.05, 0) is 6.07 Å². The van der Waals surface area contributed by atoms with E-state index in [9.17, 15) is 4.79 Å². The van der Waals surface area contributed by atoms with Crippen LogP contribution < -0.4 is 11.4 Å². The van der Waals surface area contributed by atoms with Crippen LogP contribution in [0.3, 0.4) is 0 Å². The molecule has 0 aromatic carbocycles. The molecule has 80 valence electrons. The van der Waals surface area contributed by atoms with Crippen LogP contribution in [0.25, 0.3) is 0 Å². The van der Waals surface area contributed by atoms with E-state index in [2.05, 4.69) is 4.98 Å². The van der Waals surface area contributed by atoms with E-state index in [-0.39, 0.29) is 12.5 Å². The topological polar surface area (TPSA) is 114 Å². The highest BCUT2D eigenvalue weighted by molar-refractivity contribution is 5.23. The molecule has 0 fully saturated rings. The van der Waals surface area contributed by atoms with Crippen molar-refractivity contribution in [3.05, 3.63) is 22.7 Å². The van der Waals surface area contributed by atoms with Crippen LogP contribution in [0.15, 0.2) is 17.1 Å². The number of anilines is 1. The lowest BCUT2D eigenvalue weighted by molar-refractivity contribution is 0.00540. The van der Waals surface area contributed by atoms with Gasteiger partial charge in [-0.2, -0.15) is 10.2 Å². The molecule has 3 N–H and O–H groups in total. The Labute approximate surface area is 85.3 Å². The van der Waals surface area contributed by atoms with Crippen LogP contribution in [0.2, 0.25) is 0 Å². The van der Waals surface area contributed by atoms with Crippen LogP contribution >= 0.6 is 0 Å². The summed E-state index contributed by atoms with van der Waals surface area (Å²) < 4.78 is 6.05. The minimum absolute atomic E-state index is 0.121. The van der Waals surface area contributed by atoms with Crippen molar-refractivity contribution in [3.8, 4) is 6.07 Å². The van der Waals surface area contributed by atoms with E-state index in [1.54, 1.807) is 6.07 Å². The molecule has 0 bridgehead atoms. The molecule has 1 heterocycles. The molecule has 1 atom stereocenters. The van der Waals surface area contributed by atoms with Gasteiger partial charge in [0.25, 0.3) is 0 Å². The van der Waals surface area contributed by atoms with Crippen LogP contribution in [0.5, 0.6) is 0 Å². The number of nitrogens with zero attached hydrogens (tertiary/aromatic N) is 3. The highest BCUT2D eigenvalue weighted by Crippen LogP contribution is 1.93. The van der Waals surface area contributed by atoms with Crippen LogP contribution in [-0.4, -0.2) is 27.4 Å². The third-order valence-electron chi connectivity index (χ3n) is 1.62. The Morgan fingerprint density at radius 1 is 1.80 bits per heavy atom. The SMILES string of the molecule is N#CC(CO)OCn1ccc(N)nc1=O. The van der Waals surface area contributed by atoms with E-state index < -0.39 is 18.4 Å². The molecule has 0 aliphatic rings. The predicted octanol–water partition coefficient (Wildman–Crippen LogP) is -1.32. The maximum atomic E-state index is 11.2. The zero-order valence-corrected chi connectivity index (χ0v) is 7.83. The minimum atomic E-state index is -0.950. The van der Waals surface area contributed by atoms with Crippen LogP contribution in [0.1, 0.15) is 0 Å². The van der Waals surface area contributed by atoms with Gasteiger partial charge in [0.15, 0.2) is 6.10 Å². The minimum Gasteiger partial charge on any atom is -0.393 e. The van der Waals surface area contributed by atoms with Crippen LogP contribution in [0, 0.1) is 11.3 Å². The van der Waals surface area contributed by atoms with Crippen molar-refractivity contribution >= 4 is 5.82 Å². The second-order valence-corrected chi connectivity index (χ2v) is 2.70. The Balaban J connectivity index is 2.66. The molecule has 1 aromatic heterocycles. The number of aliphatic hydroxyl groups excluding tert-OH is 1. The number of nitrogens with two attached hydrogens (primary N) is 1. The molecule has 15 heavy (non-hydrogen) atoms. The first kappa shape index (κ1) is 11.2. The summed E-state index contributed by atoms with van der Waals surface area (Å²) in [6, 6.07) is 3.16. The van der Waals surface area contributed by atoms with Crippen molar-refractivity contribution in [2.45, 2.75) is 12.8 Å². The van der Waals surface area contributed by atoms with Gasteiger partial charge in [-0.1, -0.05) is 0 Å². The van der Waals surface area contributed by atoms with Gasteiger partial charge >= 0.3 is 5.69 Å². The maximum Gasteiger partial charge on any atom is 0.351 e. The lowest BCUT2D eigenvalue weighted by Gasteiger charge is -2.08. The normalized spacial score (nSPS) is 12.0. The summed E-state index contributed by atoms with van der Waals surface area (Å²) in [5.41, 5.74) is 4.71. The lowest BCUT2D eigenvalue weighted by atomic mass is 10.4. The number of hydrogen-bond acceptors (Lipinski definition) is 6. The van der Waals surface area contributed by atoms with Gasteiger partial charge in [0.2, 0.25) is 0 Å². The largest absolute Gasteiger partial charge is 0.393 e. The highest BCUT2D eigenvalue weighted by atomic mass is 16.5. The van der Waals surface area contributed by atoms with Crippen molar-refractivity contribution in [2.75, 3.05) is 12.3 Å². The molecule has 0 amide bonds. The van der Waals surface area contributed by atoms with E-state index in [0.29, 0.717) is 0 Å². The highest BCUT2D eigenvalue weighted by Gasteiger charge is 2.06. The number of hydrogen-bond donors (Lipinski definition) is 2. The number of ether oxygens (including phenoxy) is 1. The second kappa shape index (κ2) is 5.09. The zero-order valence-electron chi connectivity index (χ0n) is 7.83. The second-order valence-electron chi connectivity index (χ2n) is 2.70. The van der Waals surface area contributed by atoms with E-state index >= 15 is 0 Å². The fraction of sp³-hybridized carbons (Fsp3) is 0.375. The summed E-state index contributed by atoms with van der Waals surface area (Å²) >= 11 is 0. The predicted molar refractivity (Wildman–Crippen MR) is 50.5 cm³/mol. The van der Waals surface area contributed by atoms with Gasteiger partial charge in [-0.15, -0.1) is 0 Å². The summed E-state index contributed by atoms with van der Waals surface area (Å²) in [4.78, 5) is 14.6. The molecule has 0 saturated carbocycles. The van der Waals surface area contributed by atoms with Gasteiger partial charge < -0.3 is 15.6 Å². The van der Waals surface area contributed by atoms with Crippen LogP contribution in [-0.2, 0) is 11.5 Å². The van der Waals surface area contributed by atoms with Crippen molar-refractivity contribution < 1.29 is 9.84 Å². The Bertz CT molecular complexity index is 423. The molecule has 0 aliphatic heterocycles. The van der Waals surface area contributed by atoms with Crippen molar-refractivity contribution in [3.63, 3.8) is 0 Å². The number of aromatic nitrogens is 2. The van der Waals surface area contributed by atoms with E-state index in [1.165, 1.54) is 12.3 Å². The van der Waals surface area contributed by atoms with Gasteiger partial charge in [0.05, 0.1) is 12.7 Å². The molecule has 0 saturated heterocycles. The monoisotopic (exact) mass is 210 g/mol. The summed E-state index contributed by atoms with van der Waals surface area (Å²) in [6.45, 7) is -0.571. The Kier molecular flexibility index (Phi) is 3.79. The Morgan fingerprint density at radius 3 is 3.07 bits per heavy atom. The molecule has 0 aliphatic carbocycles. The van der Waals surface area contributed by atoms with Gasteiger partial charge in [-0.25, -0.2) is 4.79 Å². The molecule has 7 nitrogen and oxygen atoms in total.